The van der Waals surface area contributed by atoms with Crippen molar-refractivity contribution in [1.29, 1.82) is 0 Å². The summed E-state index contributed by atoms with van der Waals surface area (Å²) in [5.74, 6) is 0.657. The van der Waals surface area contributed by atoms with E-state index in [4.69, 9.17) is 5.73 Å². The van der Waals surface area contributed by atoms with Crippen LogP contribution in [0.1, 0.15) is 11.1 Å². The fourth-order valence-electron chi connectivity index (χ4n) is 2.57. The number of fused-ring (bicyclic) bond motifs is 1. The molecule has 3 nitrogen and oxygen atoms in total. The van der Waals surface area contributed by atoms with E-state index in [-0.39, 0.29) is 5.91 Å². The number of thioether (sulfide) groups is 1. The number of benzene rings is 2. The van der Waals surface area contributed by atoms with Crippen molar-refractivity contribution >= 4 is 23.4 Å². The van der Waals surface area contributed by atoms with Crippen molar-refractivity contribution in [3.05, 3.63) is 59.7 Å². The lowest BCUT2D eigenvalue weighted by Gasteiger charge is -2.29. The van der Waals surface area contributed by atoms with E-state index in [9.17, 15) is 4.79 Å². The molecule has 0 aromatic heterocycles. The van der Waals surface area contributed by atoms with Crippen molar-refractivity contribution in [2.45, 2.75) is 17.9 Å². The first-order chi connectivity index (χ1) is 10.2. The molecule has 0 spiro atoms. The average molecular weight is 298 g/mol. The number of hydrogen-bond acceptors (Lipinski definition) is 3. The Morgan fingerprint density at radius 3 is 2.76 bits per heavy atom. The summed E-state index contributed by atoms with van der Waals surface area (Å²) in [6.45, 7) is 1.42. The fraction of sp³-hybridized carbons (Fsp3) is 0.235. The topological polar surface area (TPSA) is 46.3 Å². The van der Waals surface area contributed by atoms with Gasteiger partial charge in [-0.2, -0.15) is 0 Å². The molecule has 3 rings (SSSR count). The number of nitrogen functional groups attached to an aromatic ring is 1. The van der Waals surface area contributed by atoms with Crippen molar-refractivity contribution in [2.24, 2.45) is 0 Å². The zero-order valence-electron chi connectivity index (χ0n) is 11.8. The third kappa shape index (κ3) is 3.22. The molecule has 0 fully saturated rings. The zero-order valence-corrected chi connectivity index (χ0v) is 12.6. The monoisotopic (exact) mass is 298 g/mol. The van der Waals surface area contributed by atoms with E-state index < -0.39 is 0 Å². The van der Waals surface area contributed by atoms with E-state index in [0.29, 0.717) is 12.3 Å². The maximum Gasteiger partial charge on any atom is 0.233 e. The van der Waals surface area contributed by atoms with Gasteiger partial charge in [-0.3, -0.25) is 4.79 Å². The highest BCUT2D eigenvalue weighted by molar-refractivity contribution is 8.00. The number of rotatable bonds is 3. The summed E-state index contributed by atoms with van der Waals surface area (Å²) in [4.78, 5) is 15.4. The van der Waals surface area contributed by atoms with Crippen LogP contribution in [0.3, 0.4) is 0 Å². The Morgan fingerprint density at radius 1 is 1.14 bits per heavy atom. The van der Waals surface area contributed by atoms with Crippen LogP contribution in [0.2, 0.25) is 0 Å². The number of carbonyl (C=O) groups is 1. The summed E-state index contributed by atoms with van der Waals surface area (Å²) >= 11 is 1.59. The molecule has 0 saturated carbocycles. The van der Waals surface area contributed by atoms with Gasteiger partial charge in [0.05, 0.1) is 5.75 Å². The van der Waals surface area contributed by atoms with Crippen LogP contribution in [0.15, 0.2) is 53.4 Å². The lowest BCUT2D eigenvalue weighted by atomic mass is 9.98. The van der Waals surface area contributed by atoms with Gasteiger partial charge in [0.2, 0.25) is 5.91 Å². The van der Waals surface area contributed by atoms with Crippen LogP contribution in [0.25, 0.3) is 0 Å². The molecule has 1 aliphatic heterocycles. The zero-order chi connectivity index (χ0) is 14.7. The SMILES string of the molecule is Nc1cccc2c1CN(C(=O)CSc1ccccc1)CC2. The summed E-state index contributed by atoms with van der Waals surface area (Å²) in [6.07, 6.45) is 0.891. The van der Waals surface area contributed by atoms with Crippen LogP contribution in [-0.4, -0.2) is 23.1 Å². The molecule has 2 aromatic carbocycles. The molecule has 1 aliphatic rings. The van der Waals surface area contributed by atoms with E-state index in [1.807, 2.05) is 47.4 Å². The number of nitrogens with zero attached hydrogens (tertiary/aromatic N) is 1. The predicted octanol–water partition coefficient (Wildman–Crippen LogP) is 2.95. The first kappa shape index (κ1) is 14.0. The first-order valence-electron chi connectivity index (χ1n) is 7.06. The molecule has 0 bridgehead atoms. The Labute approximate surface area is 129 Å². The summed E-state index contributed by atoms with van der Waals surface area (Å²) in [5, 5.41) is 0. The third-order valence-corrected chi connectivity index (χ3v) is 4.76. The van der Waals surface area contributed by atoms with Crippen molar-refractivity contribution in [1.82, 2.24) is 4.90 Å². The smallest absolute Gasteiger partial charge is 0.233 e. The second-order valence-electron chi connectivity index (χ2n) is 5.15. The van der Waals surface area contributed by atoms with E-state index in [2.05, 4.69) is 6.07 Å². The lowest BCUT2D eigenvalue weighted by molar-refractivity contribution is -0.129. The molecule has 21 heavy (non-hydrogen) atoms. The normalized spacial score (nSPS) is 13.8. The number of amides is 1. The molecule has 0 radical (unpaired) electrons. The van der Waals surface area contributed by atoms with Gasteiger partial charge in [-0.25, -0.2) is 0 Å². The molecular weight excluding hydrogens is 280 g/mol. The highest BCUT2D eigenvalue weighted by Crippen LogP contribution is 2.25. The average Bonchev–Trinajstić information content (AvgIpc) is 2.54. The van der Waals surface area contributed by atoms with Crippen LogP contribution in [-0.2, 0) is 17.8 Å². The van der Waals surface area contributed by atoms with E-state index >= 15 is 0 Å². The van der Waals surface area contributed by atoms with Gasteiger partial charge >= 0.3 is 0 Å². The van der Waals surface area contributed by atoms with Gasteiger partial charge in [-0.1, -0.05) is 30.3 Å². The standard InChI is InChI=1S/C17H18N2OS/c18-16-8-4-5-13-9-10-19(11-15(13)16)17(20)12-21-14-6-2-1-3-7-14/h1-8H,9-12,18H2. The molecule has 0 atom stereocenters. The summed E-state index contributed by atoms with van der Waals surface area (Å²) in [5.41, 5.74) is 9.20. The summed E-state index contributed by atoms with van der Waals surface area (Å²) in [7, 11) is 0. The number of carbonyl (C=O) groups excluding carboxylic acids is 1. The predicted molar refractivity (Wildman–Crippen MR) is 87.1 cm³/mol. The minimum atomic E-state index is 0.178. The van der Waals surface area contributed by atoms with Crippen molar-refractivity contribution in [2.75, 3.05) is 18.0 Å². The Morgan fingerprint density at radius 2 is 1.95 bits per heavy atom. The Hall–Kier alpha value is -1.94. The second kappa shape index (κ2) is 6.22. The molecule has 1 heterocycles. The minimum Gasteiger partial charge on any atom is -0.398 e. The maximum atomic E-state index is 12.4. The van der Waals surface area contributed by atoms with Gasteiger partial charge in [-0.05, 0) is 35.7 Å². The highest BCUT2D eigenvalue weighted by atomic mass is 32.2. The molecule has 4 heteroatoms. The van der Waals surface area contributed by atoms with Gasteiger partial charge in [0, 0.05) is 23.7 Å². The number of hydrogen-bond donors (Lipinski definition) is 1. The lowest BCUT2D eigenvalue weighted by Crippen LogP contribution is -2.37. The van der Waals surface area contributed by atoms with Crippen LogP contribution in [0.5, 0.6) is 0 Å². The van der Waals surface area contributed by atoms with Gasteiger partial charge in [-0.15, -0.1) is 11.8 Å². The Bertz CT molecular complexity index is 642. The first-order valence-corrected chi connectivity index (χ1v) is 8.04. The fourth-order valence-corrected chi connectivity index (χ4v) is 3.40. The molecule has 1 amide bonds. The minimum absolute atomic E-state index is 0.178. The Kier molecular flexibility index (Phi) is 4.15. The maximum absolute atomic E-state index is 12.4. The largest absolute Gasteiger partial charge is 0.398 e. The van der Waals surface area contributed by atoms with Crippen molar-refractivity contribution < 1.29 is 4.79 Å². The Balaban J connectivity index is 1.63. The van der Waals surface area contributed by atoms with Crippen LogP contribution in [0.4, 0.5) is 5.69 Å². The summed E-state index contributed by atoms with van der Waals surface area (Å²) < 4.78 is 0. The third-order valence-electron chi connectivity index (χ3n) is 3.77. The molecule has 0 saturated heterocycles. The van der Waals surface area contributed by atoms with Gasteiger partial charge < -0.3 is 10.6 Å². The van der Waals surface area contributed by atoms with Gasteiger partial charge in [0.1, 0.15) is 0 Å². The molecular formula is C17H18N2OS. The van der Waals surface area contributed by atoms with Gasteiger partial charge in [0.15, 0.2) is 0 Å². The molecule has 108 valence electrons. The summed E-state index contributed by atoms with van der Waals surface area (Å²) in [6, 6.07) is 16.0. The number of anilines is 1. The van der Waals surface area contributed by atoms with Crippen LogP contribution < -0.4 is 5.73 Å². The van der Waals surface area contributed by atoms with Crippen molar-refractivity contribution in [3.63, 3.8) is 0 Å². The molecule has 0 unspecified atom stereocenters. The number of nitrogens with two attached hydrogens (primary N) is 1. The van der Waals surface area contributed by atoms with Gasteiger partial charge in [0.25, 0.3) is 0 Å². The van der Waals surface area contributed by atoms with E-state index in [1.165, 1.54) is 5.56 Å². The quantitative estimate of drug-likeness (QED) is 0.700. The highest BCUT2D eigenvalue weighted by Gasteiger charge is 2.21. The van der Waals surface area contributed by atoms with E-state index in [1.54, 1.807) is 11.8 Å². The molecule has 2 aromatic rings. The second-order valence-corrected chi connectivity index (χ2v) is 6.20. The van der Waals surface area contributed by atoms with Crippen LogP contribution >= 0.6 is 11.8 Å². The molecule has 0 aliphatic carbocycles. The van der Waals surface area contributed by atoms with Crippen LogP contribution in [0, 0.1) is 0 Å². The molecule has 2 N–H and O–H groups in total. The van der Waals surface area contributed by atoms with E-state index in [0.717, 1.165) is 29.1 Å². The van der Waals surface area contributed by atoms with Crippen molar-refractivity contribution in [3.8, 4) is 0 Å².